The van der Waals surface area contributed by atoms with E-state index in [0.717, 1.165) is 6.07 Å². The number of carboxylic acid groups (broad SMARTS) is 1. The number of pyridine rings is 1. The number of aromatic carboxylic acids is 1. The molecule has 0 fully saturated rings. The van der Waals surface area contributed by atoms with Crippen LogP contribution in [0.2, 0.25) is 0 Å². The summed E-state index contributed by atoms with van der Waals surface area (Å²) in [6.45, 7) is -0.169. The van der Waals surface area contributed by atoms with E-state index in [1.807, 2.05) is 0 Å². The Morgan fingerprint density at radius 1 is 1.26 bits per heavy atom. The number of halogens is 2. The lowest BCUT2D eigenvalue weighted by Crippen LogP contribution is -2.02. The molecule has 0 radical (unpaired) electrons. The normalized spacial score (nSPS) is 10.2. The average molecular weight is 265 g/mol. The van der Waals surface area contributed by atoms with Crippen molar-refractivity contribution >= 4 is 5.97 Å². The summed E-state index contributed by atoms with van der Waals surface area (Å²) in [5, 5.41) is 8.66. The summed E-state index contributed by atoms with van der Waals surface area (Å²) in [6.07, 6.45) is 1.21. The molecular formula is C13H9F2NO3. The zero-order valence-corrected chi connectivity index (χ0v) is 9.64. The lowest BCUT2D eigenvalue weighted by Gasteiger charge is -2.07. The van der Waals surface area contributed by atoms with Gasteiger partial charge in [0.05, 0.1) is 6.20 Å². The van der Waals surface area contributed by atoms with Crippen LogP contribution in [-0.2, 0) is 6.61 Å². The minimum absolute atomic E-state index is 0.0716. The summed E-state index contributed by atoms with van der Waals surface area (Å²) >= 11 is 0. The van der Waals surface area contributed by atoms with Crippen molar-refractivity contribution in [3.63, 3.8) is 0 Å². The molecule has 0 atom stereocenters. The Balaban J connectivity index is 2.06. The molecule has 6 heteroatoms. The number of benzene rings is 1. The summed E-state index contributed by atoms with van der Waals surface area (Å²) in [7, 11) is 0. The molecule has 1 aromatic carbocycles. The molecule has 1 heterocycles. The molecule has 0 saturated heterocycles. The van der Waals surface area contributed by atoms with E-state index in [1.54, 1.807) is 0 Å². The van der Waals surface area contributed by atoms with Gasteiger partial charge in [-0.3, -0.25) is 0 Å². The van der Waals surface area contributed by atoms with E-state index in [0.29, 0.717) is 0 Å². The van der Waals surface area contributed by atoms with Crippen LogP contribution in [0, 0.1) is 11.6 Å². The van der Waals surface area contributed by atoms with Gasteiger partial charge in [0.2, 0.25) is 0 Å². The van der Waals surface area contributed by atoms with Crippen molar-refractivity contribution < 1.29 is 23.4 Å². The van der Waals surface area contributed by atoms with Crippen molar-refractivity contribution in [2.45, 2.75) is 6.61 Å². The molecule has 1 N–H and O–H groups in total. The van der Waals surface area contributed by atoms with E-state index >= 15 is 0 Å². The number of hydrogen-bond acceptors (Lipinski definition) is 3. The Labute approximate surface area is 107 Å². The summed E-state index contributed by atoms with van der Waals surface area (Å²) < 4.78 is 31.5. The highest BCUT2D eigenvalue weighted by Gasteiger charge is 2.09. The van der Waals surface area contributed by atoms with Crippen LogP contribution in [0.1, 0.15) is 16.1 Å². The molecule has 0 aliphatic carbocycles. The third-order valence-electron chi connectivity index (χ3n) is 2.38. The van der Waals surface area contributed by atoms with Crippen molar-refractivity contribution in [1.82, 2.24) is 4.98 Å². The minimum atomic E-state index is -1.15. The average Bonchev–Trinajstić information content (AvgIpc) is 2.41. The van der Waals surface area contributed by atoms with Gasteiger partial charge in [-0.25, -0.2) is 18.6 Å². The van der Waals surface area contributed by atoms with Crippen LogP contribution in [0.4, 0.5) is 8.78 Å². The molecule has 0 aliphatic rings. The molecule has 98 valence electrons. The Hall–Kier alpha value is -2.50. The van der Waals surface area contributed by atoms with Gasteiger partial charge >= 0.3 is 5.97 Å². The smallest absolute Gasteiger partial charge is 0.354 e. The van der Waals surface area contributed by atoms with Crippen molar-refractivity contribution in [3.8, 4) is 5.75 Å². The first-order chi connectivity index (χ1) is 9.08. The highest BCUT2D eigenvalue weighted by Crippen LogP contribution is 2.15. The second kappa shape index (κ2) is 5.43. The van der Waals surface area contributed by atoms with Crippen LogP contribution in [0.3, 0.4) is 0 Å². The zero-order chi connectivity index (χ0) is 13.8. The minimum Gasteiger partial charge on any atom is -0.487 e. The summed E-state index contributed by atoms with van der Waals surface area (Å²) in [5.74, 6) is -2.78. The van der Waals surface area contributed by atoms with Crippen LogP contribution in [0.15, 0.2) is 36.5 Å². The van der Waals surface area contributed by atoms with Gasteiger partial charge in [-0.05, 0) is 18.2 Å². The SMILES string of the molecule is O=C(O)c1ccc(OCc2cccc(F)c2F)cn1. The van der Waals surface area contributed by atoms with E-state index in [9.17, 15) is 13.6 Å². The van der Waals surface area contributed by atoms with Crippen LogP contribution < -0.4 is 4.74 Å². The number of hydrogen-bond donors (Lipinski definition) is 1. The summed E-state index contributed by atoms with van der Waals surface area (Å²) in [4.78, 5) is 14.2. The van der Waals surface area contributed by atoms with Crippen LogP contribution in [0.25, 0.3) is 0 Å². The molecule has 4 nitrogen and oxygen atoms in total. The van der Waals surface area contributed by atoms with E-state index in [4.69, 9.17) is 9.84 Å². The quantitative estimate of drug-likeness (QED) is 0.923. The van der Waals surface area contributed by atoms with Gasteiger partial charge in [0, 0.05) is 5.56 Å². The van der Waals surface area contributed by atoms with Crippen molar-refractivity contribution in [2.75, 3.05) is 0 Å². The van der Waals surface area contributed by atoms with Crippen molar-refractivity contribution in [3.05, 3.63) is 59.4 Å². The fourth-order valence-electron chi connectivity index (χ4n) is 1.41. The van der Waals surface area contributed by atoms with Gasteiger partial charge in [-0.2, -0.15) is 0 Å². The fourth-order valence-corrected chi connectivity index (χ4v) is 1.41. The first-order valence-electron chi connectivity index (χ1n) is 5.33. The molecule has 0 saturated carbocycles. The van der Waals surface area contributed by atoms with Gasteiger partial charge in [-0.15, -0.1) is 0 Å². The van der Waals surface area contributed by atoms with Gasteiger partial charge in [0.1, 0.15) is 18.1 Å². The van der Waals surface area contributed by atoms with Crippen LogP contribution >= 0.6 is 0 Å². The lowest BCUT2D eigenvalue weighted by atomic mass is 10.2. The number of ether oxygens (including phenoxy) is 1. The van der Waals surface area contributed by atoms with Gasteiger partial charge in [0.25, 0.3) is 0 Å². The summed E-state index contributed by atoms with van der Waals surface area (Å²) in [5.41, 5.74) is -0.0494. The monoisotopic (exact) mass is 265 g/mol. The topological polar surface area (TPSA) is 59.4 Å². The third-order valence-corrected chi connectivity index (χ3v) is 2.38. The Morgan fingerprint density at radius 2 is 2.05 bits per heavy atom. The van der Waals surface area contributed by atoms with Crippen molar-refractivity contribution in [1.29, 1.82) is 0 Å². The maximum absolute atomic E-state index is 13.3. The predicted octanol–water partition coefficient (Wildman–Crippen LogP) is 2.64. The number of carboxylic acids is 1. The highest BCUT2D eigenvalue weighted by atomic mass is 19.2. The van der Waals surface area contributed by atoms with E-state index in [1.165, 1.54) is 30.5 Å². The molecule has 2 rings (SSSR count). The molecule has 0 spiro atoms. The Kier molecular flexibility index (Phi) is 3.70. The largest absolute Gasteiger partial charge is 0.487 e. The third kappa shape index (κ3) is 3.04. The van der Waals surface area contributed by atoms with Crippen LogP contribution in [0.5, 0.6) is 5.75 Å². The van der Waals surface area contributed by atoms with Crippen molar-refractivity contribution in [2.24, 2.45) is 0 Å². The predicted molar refractivity (Wildman–Crippen MR) is 61.9 cm³/mol. The molecule has 0 aliphatic heterocycles. The number of nitrogens with zero attached hydrogens (tertiary/aromatic N) is 1. The standard InChI is InChI=1S/C13H9F2NO3/c14-10-3-1-2-8(12(10)15)7-19-9-4-5-11(13(17)18)16-6-9/h1-6H,7H2,(H,17,18). The fraction of sp³-hybridized carbons (Fsp3) is 0.0769. The molecule has 1 aromatic heterocycles. The number of carbonyl (C=O) groups is 1. The van der Waals surface area contributed by atoms with Gasteiger partial charge in [0.15, 0.2) is 11.6 Å². The summed E-state index contributed by atoms with van der Waals surface area (Å²) in [6, 6.07) is 6.45. The number of aromatic nitrogens is 1. The first kappa shape index (κ1) is 12.9. The molecular weight excluding hydrogens is 256 g/mol. The molecule has 19 heavy (non-hydrogen) atoms. The van der Waals surface area contributed by atoms with E-state index < -0.39 is 17.6 Å². The molecule has 0 amide bonds. The lowest BCUT2D eigenvalue weighted by molar-refractivity contribution is 0.0690. The van der Waals surface area contributed by atoms with Crippen LogP contribution in [-0.4, -0.2) is 16.1 Å². The second-order valence-electron chi connectivity index (χ2n) is 3.69. The second-order valence-corrected chi connectivity index (χ2v) is 3.69. The highest BCUT2D eigenvalue weighted by molar-refractivity contribution is 5.85. The van der Waals surface area contributed by atoms with Gasteiger partial charge < -0.3 is 9.84 Å². The molecule has 0 bridgehead atoms. The maximum atomic E-state index is 13.3. The Morgan fingerprint density at radius 3 is 2.68 bits per heavy atom. The van der Waals surface area contributed by atoms with E-state index in [-0.39, 0.29) is 23.6 Å². The van der Waals surface area contributed by atoms with E-state index in [2.05, 4.69) is 4.98 Å². The maximum Gasteiger partial charge on any atom is 0.354 e. The first-order valence-corrected chi connectivity index (χ1v) is 5.33. The zero-order valence-electron chi connectivity index (χ0n) is 9.64. The molecule has 0 unspecified atom stereocenters. The number of rotatable bonds is 4. The van der Waals surface area contributed by atoms with Gasteiger partial charge in [-0.1, -0.05) is 12.1 Å². The Bertz CT molecular complexity index is 599. The molecule has 2 aromatic rings.